The standard InChI is InChI=1S/C13H26N2O3/c1-5-18-12(16)13(2,14-3)7-8-15(4)11-6-9-17-10-11/h11,14H,5-10H2,1-4H3. The molecule has 1 fully saturated rings. The summed E-state index contributed by atoms with van der Waals surface area (Å²) in [5.41, 5.74) is -0.607. The van der Waals surface area contributed by atoms with Crippen LogP contribution in [0.25, 0.3) is 0 Å². The van der Waals surface area contributed by atoms with Gasteiger partial charge in [-0.3, -0.25) is 4.79 Å². The summed E-state index contributed by atoms with van der Waals surface area (Å²) < 4.78 is 10.5. The van der Waals surface area contributed by atoms with Crippen molar-refractivity contribution in [2.24, 2.45) is 0 Å². The molecule has 18 heavy (non-hydrogen) atoms. The molecule has 1 aliphatic heterocycles. The molecule has 0 radical (unpaired) electrons. The van der Waals surface area contributed by atoms with E-state index in [-0.39, 0.29) is 5.97 Å². The zero-order valence-electron chi connectivity index (χ0n) is 12.0. The molecule has 2 atom stereocenters. The number of carbonyl (C=O) groups excluding carboxylic acids is 1. The maximum absolute atomic E-state index is 11.9. The van der Waals surface area contributed by atoms with Crippen molar-refractivity contribution < 1.29 is 14.3 Å². The van der Waals surface area contributed by atoms with Gasteiger partial charge in [0.25, 0.3) is 0 Å². The van der Waals surface area contributed by atoms with Crippen LogP contribution in [0, 0.1) is 0 Å². The van der Waals surface area contributed by atoms with E-state index in [0.717, 1.165) is 32.6 Å². The van der Waals surface area contributed by atoms with Gasteiger partial charge in [0.15, 0.2) is 0 Å². The van der Waals surface area contributed by atoms with Gasteiger partial charge in [-0.25, -0.2) is 0 Å². The maximum atomic E-state index is 11.9. The molecule has 5 heteroatoms. The summed E-state index contributed by atoms with van der Waals surface area (Å²) in [5.74, 6) is -0.177. The molecule has 0 aromatic carbocycles. The molecule has 0 saturated carbocycles. The molecule has 0 bridgehead atoms. The predicted octanol–water partition coefficient (Wildman–Crippen LogP) is 0.638. The van der Waals surface area contributed by atoms with Crippen molar-refractivity contribution in [3.05, 3.63) is 0 Å². The van der Waals surface area contributed by atoms with Crippen LogP contribution in [0.15, 0.2) is 0 Å². The zero-order chi connectivity index (χ0) is 13.6. The van der Waals surface area contributed by atoms with Crippen molar-refractivity contribution in [3.8, 4) is 0 Å². The second kappa shape index (κ2) is 7.07. The van der Waals surface area contributed by atoms with E-state index in [1.165, 1.54) is 0 Å². The van der Waals surface area contributed by atoms with Gasteiger partial charge in [0.05, 0.1) is 13.2 Å². The number of carbonyl (C=O) groups is 1. The lowest BCUT2D eigenvalue weighted by Crippen LogP contribution is -2.51. The van der Waals surface area contributed by atoms with Crippen LogP contribution < -0.4 is 5.32 Å². The van der Waals surface area contributed by atoms with Gasteiger partial charge in [-0.15, -0.1) is 0 Å². The lowest BCUT2D eigenvalue weighted by atomic mass is 9.97. The normalized spacial score (nSPS) is 23.1. The minimum absolute atomic E-state index is 0.177. The molecule has 0 amide bonds. The van der Waals surface area contributed by atoms with Gasteiger partial charge in [0.1, 0.15) is 5.54 Å². The second-order valence-electron chi connectivity index (χ2n) is 5.05. The van der Waals surface area contributed by atoms with E-state index in [0.29, 0.717) is 12.6 Å². The van der Waals surface area contributed by atoms with Gasteiger partial charge in [-0.2, -0.15) is 0 Å². The molecule has 1 rings (SSSR count). The molecular weight excluding hydrogens is 232 g/mol. The molecule has 0 aromatic heterocycles. The van der Waals surface area contributed by atoms with Crippen molar-refractivity contribution >= 4 is 5.97 Å². The van der Waals surface area contributed by atoms with Crippen molar-refractivity contribution in [2.75, 3.05) is 40.5 Å². The van der Waals surface area contributed by atoms with Gasteiger partial charge in [-0.05, 0) is 40.8 Å². The SMILES string of the molecule is CCOC(=O)C(C)(CCN(C)C1CCOC1)NC. The number of ether oxygens (including phenoxy) is 2. The Kier molecular flexibility index (Phi) is 6.05. The minimum Gasteiger partial charge on any atom is -0.465 e. The molecule has 0 spiro atoms. The average Bonchev–Trinajstić information content (AvgIpc) is 2.89. The Morgan fingerprint density at radius 1 is 1.61 bits per heavy atom. The molecule has 1 N–H and O–H groups in total. The maximum Gasteiger partial charge on any atom is 0.326 e. The third kappa shape index (κ3) is 3.93. The molecule has 106 valence electrons. The minimum atomic E-state index is -0.607. The summed E-state index contributed by atoms with van der Waals surface area (Å²) in [4.78, 5) is 14.2. The van der Waals surface area contributed by atoms with Crippen LogP contribution in [-0.2, 0) is 14.3 Å². The predicted molar refractivity (Wildman–Crippen MR) is 70.6 cm³/mol. The fraction of sp³-hybridized carbons (Fsp3) is 0.923. The monoisotopic (exact) mass is 258 g/mol. The first kappa shape index (κ1) is 15.4. The van der Waals surface area contributed by atoms with E-state index in [1.807, 2.05) is 13.8 Å². The Morgan fingerprint density at radius 3 is 2.83 bits per heavy atom. The van der Waals surface area contributed by atoms with E-state index in [2.05, 4.69) is 17.3 Å². The number of hydrogen-bond donors (Lipinski definition) is 1. The van der Waals surface area contributed by atoms with Crippen molar-refractivity contribution in [1.29, 1.82) is 0 Å². The highest BCUT2D eigenvalue weighted by atomic mass is 16.5. The Hall–Kier alpha value is -0.650. The van der Waals surface area contributed by atoms with Crippen LogP contribution in [0.1, 0.15) is 26.7 Å². The molecule has 0 aliphatic carbocycles. The molecule has 2 unspecified atom stereocenters. The number of hydrogen-bond acceptors (Lipinski definition) is 5. The zero-order valence-corrected chi connectivity index (χ0v) is 12.0. The third-order valence-corrected chi connectivity index (χ3v) is 3.77. The first-order valence-electron chi connectivity index (χ1n) is 6.67. The van der Waals surface area contributed by atoms with Crippen LogP contribution in [-0.4, -0.2) is 62.9 Å². The highest BCUT2D eigenvalue weighted by Crippen LogP contribution is 2.16. The first-order chi connectivity index (χ1) is 8.53. The van der Waals surface area contributed by atoms with Crippen molar-refractivity contribution in [1.82, 2.24) is 10.2 Å². The summed E-state index contributed by atoms with van der Waals surface area (Å²) >= 11 is 0. The van der Waals surface area contributed by atoms with Crippen molar-refractivity contribution in [2.45, 2.75) is 38.3 Å². The largest absolute Gasteiger partial charge is 0.465 e. The molecule has 1 saturated heterocycles. The average molecular weight is 258 g/mol. The number of likely N-dealkylation sites (N-methyl/N-ethyl adjacent to an activating group) is 2. The van der Waals surface area contributed by atoms with Crippen LogP contribution in [0.5, 0.6) is 0 Å². The van der Waals surface area contributed by atoms with Gasteiger partial charge < -0.3 is 19.7 Å². The molecule has 0 aromatic rings. The molecule has 1 aliphatic rings. The van der Waals surface area contributed by atoms with Crippen LogP contribution in [0.2, 0.25) is 0 Å². The van der Waals surface area contributed by atoms with Crippen LogP contribution in [0.3, 0.4) is 0 Å². The quantitative estimate of drug-likeness (QED) is 0.679. The topological polar surface area (TPSA) is 50.8 Å². The van der Waals surface area contributed by atoms with Gasteiger partial charge in [0, 0.05) is 19.2 Å². The summed E-state index contributed by atoms with van der Waals surface area (Å²) in [7, 11) is 3.89. The summed E-state index contributed by atoms with van der Waals surface area (Å²) in [6, 6.07) is 0.480. The third-order valence-electron chi connectivity index (χ3n) is 3.77. The lowest BCUT2D eigenvalue weighted by Gasteiger charge is -2.30. The Labute approximate surface area is 110 Å². The summed E-state index contributed by atoms with van der Waals surface area (Å²) in [6.45, 7) is 6.63. The lowest BCUT2D eigenvalue weighted by molar-refractivity contribution is -0.150. The number of rotatable bonds is 7. The number of nitrogens with zero attached hydrogens (tertiary/aromatic N) is 1. The molecule has 1 heterocycles. The van der Waals surface area contributed by atoms with E-state index < -0.39 is 5.54 Å². The second-order valence-corrected chi connectivity index (χ2v) is 5.05. The van der Waals surface area contributed by atoms with Crippen molar-refractivity contribution in [3.63, 3.8) is 0 Å². The van der Waals surface area contributed by atoms with Crippen LogP contribution in [0.4, 0.5) is 0 Å². The van der Waals surface area contributed by atoms with Gasteiger partial charge in [-0.1, -0.05) is 0 Å². The van der Waals surface area contributed by atoms with Gasteiger partial charge >= 0.3 is 5.97 Å². The summed E-state index contributed by atoms with van der Waals surface area (Å²) in [5, 5.41) is 3.08. The Morgan fingerprint density at radius 2 is 2.33 bits per heavy atom. The van der Waals surface area contributed by atoms with Crippen LogP contribution >= 0.6 is 0 Å². The number of nitrogens with one attached hydrogen (secondary N) is 1. The highest BCUT2D eigenvalue weighted by Gasteiger charge is 2.33. The summed E-state index contributed by atoms with van der Waals surface area (Å²) in [6.07, 6.45) is 1.81. The van der Waals surface area contributed by atoms with E-state index >= 15 is 0 Å². The fourth-order valence-electron chi connectivity index (χ4n) is 2.07. The molecular formula is C13H26N2O3. The first-order valence-corrected chi connectivity index (χ1v) is 6.67. The Bertz CT molecular complexity index is 267. The Balaban J connectivity index is 2.44. The smallest absolute Gasteiger partial charge is 0.326 e. The fourth-order valence-corrected chi connectivity index (χ4v) is 2.07. The number of esters is 1. The van der Waals surface area contributed by atoms with Gasteiger partial charge in [0.2, 0.25) is 0 Å². The molecule has 5 nitrogen and oxygen atoms in total. The van der Waals surface area contributed by atoms with E-state index in [1.54, 1.807) is 7.05 Å². The van der Waals surface area contributed by atoms with E-state index in [4.69, 9.17) is 9.47 Å². The highest BCUT2D eigenvalue weighted by molar-refractivity contribution is 5.80. The van der Waals surface area contributed by atoms with E-state index in [9.17, 15) is 4.79 Å².